The van der Waals surface area contributed by atoms with Gasteiger partial charge >= 0.3 is 0 Å². The van der Waals surface area contributed by atoms with Crippen molar-refractivity contribution in [3.63, 3.8) is 0 Å². The molecule has 2 unspecified atom stereocenters. The molecule has 1 N–H and O–H groups in total. The largest absolute Gasteiger partial charge is 0.269 e. The summed E-state index contributed by atoms with van der Waals surface area (Å²) in [5.41, 5.74) is 0.512. The molecule has 2 atom stereocenters. The van der Waals surface area contributed by atoms with Crippen LogP contribution in [0, 0.1) is 16.0 Å². The van der Waals surface area contributed by atoms with E-state index in [2.05, 4.69) is 11.6 Å². The zero-order chi connectivity index (χ0) is 14.8. The van der Waals surface area contributed by atoms with E-state index in [4.69, 9.17) is 0 Å². The van der Waals surface area contributed by atoms with E-state index in [9.17, 15) is 18.5 Å². The Morgan fingerprint density at radius 3 is 2.45 bits per heavy atom. The number of nitrogens with zero attached hydrogens (tertiary/aromatic N) is 1. The molecule has 110 valence electrons. The third-order valence-electron chi connectivity index (χ3n) is 3.54. The molecule has 0 radical (unpaired) electrons. The fourth-order valence-corrected chi connectivity index (χ4v) is 3.98. The van der Waals surface area contributed by atoms with Crippen LogP contribution < -0.4 is 4.72 Å². The highest BCUT2D eigenvalue weighted by molar-refractivity contribution is 7.88. The minimum atomic E-state index is -3.39. The Kier molecular flexibility index (Phi) is 4.39. The lowest BCUT2D eigenvalue weighted by Gasteiger charge is -2.12. The normalized spacial score (nSPS) is 22.9. The summed E-state index contributed by atoms with van der Waals surface area (Å²) in [6, 6.07) is 5.63. The molecule has 0 amide bonds. The second-order valence-electron chi connectivity index (χ2n) is 5.42. The second kappa shape index (κ2) is 5.88. The Morgan fingerprint density at radius 2 is 1.95 bits per heavy atom. The molecule has 0 saturated heterocycles. The highest BCUT2D eigenvalue weighted by Gasteiger charge is 2.25. The predicted molar refractivity (Wildman–Crippen MR) is 75.7 cm³/mol. The molecule has 1 saturated carbocycles. The van der Waals surface area contributed by atoms with Gasteiger partial charge in [-0.25, -0.2) is 13.1 Å². The summed E-state index contributed by atoms with van der Waals surface area (Å²) in [5.74, 6) is 0.414. The lowest BCUT2D eigenvalue weighted by molar-refractivity contribution is -0.384. The number of benzene rings is 1. The summed E-state index contributed by atoms with van der Waals surface area (Å²) in [6.07, 6.45) is 2.80. The lowest BCUT2D eigenvalue weighted by Crippen LogP contribution is -2.33. The summed E-state index contributed by atoms with van der Waals surface area (Å²) >= 11 is 0. The first-order chi connectivity index (χ1) is 9.35. The average molecular weight is 298 g/mol. The molecule has 7 heteroatoms. The van der Waals surface area contributed by atoms with Crippen molar-refractivity contribution < 1.29 is 13.3 Å². The lowest BCUT2D eigenvalue weighted by atomic mass is 10.1. The minimum Gasteiger partial charge on any atom is -0.258 e. The Morgan fingerprint density at radius 1 is 1.30 bits per heavy atom. The number of non-ortho nitro benzene ring substituents is 1. The SMILES string of the molecule is CC1CCC(NS(=O)(=O)Cc2ccc([N+](=O)[O-])cc2)C1. The van der Waals surface area contributed by atoms with Crippen molar-refractivity contribution in [3.05, 3.63) is 39.9 Å². The zero-order valence-electron chi connectivity index (χ0n) is 11.3. The van der Waals surface area contributed by atoms with Crippen LogP contribution in [0.4, 0.5) is 5.69 Å². The first-order valence-electron chi connectivity index (χ1n) is 6.59. The van der Waals surface area contributed by atoms with Gasteiger partial charge in [0.1, 0.15) is 0 Å². The predicted octanol–water partition coefficient (Wildman–Crippen LogP) is 2.20. The van der Waals surface area contributed by atoms with Crippen LogP contribution in [-0.4, -0.2) is 19.4 Å². The molecule has 0 aliphatic heterocycles. The molecule has 0 aromatic heterocycles. The maximum atomic E-state index is 12.0. The van der Waals surface area contributed by atoms with E-state index in [1.54, 1.807) is 0 Å². The summed E-state index contributed by atoms with van der Waals surface area (Å²) < 4.78 is 26.8. The standard InChI is InChI=1S/C13H18N2O4S/c1-10-2-5-12(8-10)14-20(18,19)9-11-3-6-13(7-4-11)15(16)17/h3-4,6-7,10,12,14H,2,5,8-9H2,1H3. The Balaban J connectivity index is 1.99. The van der Waals surface area contributed by atoms with Gasteiger partial charge in [0.05, 0.1) is 10.7 Å². The topological polar surface area (TPSA) is 89.3 Å². The van der Waals surface area contributed by atoms with Crippen LogP contribution in [0.25, 0.3) is 0 Å². The van der Waals surface area contributed by atoms with Crippen molar-refractivity contribution in [2.24, 2.45) is 5.92 Å². The molecule has 1 aliphatic rings. The van der Waals surface area contributed by atoms with Gasteiger partial charge in [-0.1, -0.05) is 19.1 Å². The van der Waals surface area contributed by atoms with E-state index in [0.29, 0.717) is 11.5 Å². The molecule has 6 nitrogen and oxygen atoms in total. The summed E-state index contributed by atoms with van der Waals surface area (Å²) in [6.45, 7) is 2.12. The minimum absolute atomic E-state index is 0.0213. The van der Waals surface area contributed by atoms with Crippen LogP contribution >= 0.6 is 0 Å². The number of nitrogens with one attached hydrogen (secondary N) is 1. The number of rotatable bonds is 5. The molecule has 1 aliphatic carbocycles. The first-order valence-corrected chi connectivity index (χ1v) is 8.24. The van der Waals surface area contributed by atoms with Crippen molar-refractivity contribution in [1.29, 1.82) is 0 Å². The van der Waals surface area contributed by atoms with Gasteiger partial charge in [-0.3, -0.25) is 10.1 Å². The van der Waals surface area contributed by atoms with Gasteiger partial charge in [-0.15, -0.1) is 0 Å². The highest BCUT2D eigenvalue weighted by atomic mass is 32.2. The zero-order valence-corrected chi connectivity index (χ0v) is 12.1. The Bertz CT molecular complexity index is 583. The fourth-order valence-electron chi connectivity index (χ4n) is 2.54. The van der Waals surface area contributed by atoms with Gasteiger partial charge < -0.3 is 0 Å². The van der Waals surface area contributed by atoms with Crippen LogP contribution in [0.5, 0.6) is 0 Å². The molecule has 2 rings (SSSR count). The van der Waals surface area contributed by atoms with Crippen LogP contribution in [0.3, 0.4) is 0 Å². The molecule has 1 aromatic carbocycles. The molecule has 0 bridgehead atoms. The van der Waals surface area contributed by atoms with Crippen molar-refractivity contribution in [2.75, 3.05) is 0 Å². The van der Waals surface area contributed by atoms with E-state index < -0.39 is 14.9 Å². The van der Waals surface area contributed by atoms with Gasteiger partial charge in [0.2, 0.25) is 10.0 Å². The van der Waals surface area contributed by atoms with Gasteiger partial charge in [0.25, 0.3) is 5.69 Å². The van der Waals surface area contributed by atoms with Crippen molar-refractivity contribution in [2.45, 2.75) is 38.0 Å². The van der Waals surface area contributed by atoms with Gasteiger partial charge in [0, 0.05) is 18.2 Å². The van der Waals surface area contributed by atoms with Crippen molar-refractivity contribution >= 4 is 15.7 Å². The van der Waals surface area contributed by atoms with Gasteiger partial charge in [-0.2, -0.15) is 0 Å². The number of sulfonamides is 1. The third kappa shape index (κ3) is 4.01. The van der Waals surface area contributed by atoms with Crippen LogP contribution in [0.1, 0.15) is 31.7 Å². The maximum absolute atomic E-state index is 12.0. The first kappa shape index (κ1) is 14.9. The van der Waals surface area contributed by atoms with Crippen LogP contribution in [-0.2, 0) is 15.8 Å². The number of hydrogen-bond acceptors (Lipinski definition) is 4. The van der Waals surface area contributed by atoms with E-state index in [0.717, 1.165) is 19.3 Å². The summed E-state index contributed by atoms with van der Waals surface area (Å²) in [4.78, 5) is 10.0. The molecule has 0 heterocycles. The molecular formula is C13H18N2O4S. The molecule has 1 fully saturated rings. The third-order valence-corrected chi connectivity index (χ3v) is 4.95. The number of hydrogen-bond donors (Lipinski definition) is 1. The van der Waals surface area contributed by atoms with E-state index >= 15 is 0 Å². The number of nitro groups is 1. The second-order valence-corrected chi connectivity index (χ2v) is 7.17. The van der Waals surface area contributed by atoms with Crippen molar-refractivity contribution in [1.82, 2.24) is 4.72 Å². The monoisotopic (exact) mass is 298 g/mol. The molecule has 20 heavy (non-hydrogen) atoms. The van der Waals surface area contributed by atoms with Gasteiger partial charge in [0.15, 0.2) is 0 Å². The highest BCUT2D eigenvalue weighted by Crippen LogP contribution is 2.25. The quantitative estimate of drug-likeness (QED) is 0.666. The maximum Gasteiger partial charge on any atom is 0.269 e. The van der Waals surface area contributed by atoms with Crippen molar-refractivity contribution in [3.8, 4) is 0 Å². The Labute approximate surface area is 118 Å². The van der Waals surface area contributed by atoms with Crippen LogP contribution in [0.15, 0.2) is 24.3 Å². The van der Waals surface area contributed by atoms with Gasteiger partial charge in [-0.05, 0) is 30.7 Å². The molecule has 1 aromatic rings. The number of nitro benzene ring substituents is 1. The molecular weight excluding hydrogens is 280 g/mol. The smallest absolute Gasteiger partial charge is 0.258 e. The Hall–Kier alpha value is -1.47. The average Bonchev–Trinajstić information content (AvgIpc) is 2.73. The summed E-state index contributed by atoms with van der Waals surface area (Å²) in [7, 11) is -3.39. The van der Waals surface area contributed by atoms with E-state index in [1.807, 2.05) is 0 Å². The summed E-state index contributed by atoms with van der Waals surface area (Å²) in [5, 5.41) is 10.5. The van der Waals surface area contributed by atoms with E-state index in [1.165, 1.54) is 24.3 Å². The fraction of sp³-hybridized carbons (Fsp3) is 0.538. The van der Waals surface area contributed by atoms with Crippen LogP contribution in [0.2, 0.25) is 0 Å². The van der Waals surface area contributed by atoms with E-state index in [-0.39, 0.29) is 17.5 Å². The molecule has 0 spiro atoms.